The minimum Gasteiger partial charge on any atom is -0.365 e. The van der Waals surface area contributed by atoms with Crippen molar-refractivity contribution < 1.29 is 0 Å². The molecule has 1 unspecified atom stereocenters. The zero-order chi connectivity index (χ0) is 19.8. The lowest BCUT2D eigenvalue weighted by molar-refractivity contribution is 0.325. The highest BCUT2D eigenvalue weighted by Crippen LogP contribution is 2.33. The fraction of sp³-hybridized carbons (Fsp3) is 0.130. The van der Waals surface area contributed by atoms with Crippen LogP contribution in [0.15, 0.2) is 77.9 Å². The molecular weight excluding hydrogens is 400 g/mol. The summed E-state index contributed by atoms with van der Waals surface area (Å²) in [4.78, 5) is 6.58. The molecule has 0 aliphatic carbocycles. The smallest absolute Gasteiger partial charge is 0.0929 e. The Morgan fingerprint density at radius 2 is 2.14 bits per heavy atom. The zero-order valence-corrected chi connectivity index (χ0v) is 17.4. The molecule has 1 aromatic carbocycles. The summed E-state index contributed by atoms with van der Waals surface area (Å²) in [6.45, 7) is 3.05. The summed E-state index contributed by atoms with van der Waals surface area (Å²) in [6, 6.07) is 12.2. The lowest BCUT2D eigenvalue weighted by Crippen LogP contribution is -2.25. The fourth-order valence-electron chi connectivity index (χ4n) is 3.73. The Balaban J connectivity index is 1.55. The number of nitrogens with zero attached hydrogens (tertiary/aromatic N) is 4. The zero-order valence-electron chi connectivity index (χ0n) is 15.9. The van der Waals surface area contributed by atoms with Crippen LogP contribution in [0, 0.1) is 0 Å². The van der Waals surface area contributed by atoms with E-state index in [1.54, 1.807) is 17.5 Å². The molecule has 3 aromatic heterocycles. The van der Waals surface area contributed by atoms with Crippen molar-refractivity contribution in [2.75, 3.05) is 6.54 Å². The number of halogens is 1. The number of aromatic nitrogens is 3. The molecule has 0 amide bonds. The van der Waals surface area contributed by atoms with E-state index in [1.807, 2.05) is 35.1 Å². The van der Waals surface area contributed by atoms with Gasteiger partial charge in [0.25, 0.3) is 0 Å². The minimum absolute atomic E-state index is 0.107. The van der Waals surface area contributed by atoms with E-state index in [-0.39, 0.29) is 6.04 Å². The number of thiophene rings is 1. The maximum atomic E-state index is 6.31. The third-order valence-electron chi connectivity index (χ3n) is 5.28. The van der Waals surface area contributed by atoms with E-state index in [1.165, 1.54) is 11.1 Å². The molecule has 4 aromatic rings. The minimum atomic E-state index is 0.107. The number of hydrogen-bond donors (Lipinski definition) is 0. The molecule has 0 saturated heterocycles. The molecule has 1 aliphatic rings. The predicted molar refractivity (Wildman–Crippen MR) is 120 cm³/mol. The SMILES string of the molecule is CC(c1nn(-c2cccnc2)c2cc(Cl)ccc12)N1C=CC=C(c2ccsc2)C1. The lowest BCUT2D eigenvalue weighted by Gasteiger charge is -2.30. The van der Waals surface area contributed by atoms with Crippen molar-refractivity contribution in [3.8, 4) is 5.69 Å². The second-order valence-electron chi connectivity index (χ2n) is 7.06. The molecule has 1 aliphatic heterocycles. The second-order valence-corrected chi connectivity index (χ2v) is 8.28. The summed E-state index contributed by atoms with van der Waals surface area (Å²) in [5.74, 6) is 0. The van der Waals surface area contributed by atoms with Gasteiger partial charge < -0.3 is 4.90 Å². The molecule has 29 heavy (non-hydrogen) atoms. The Hall–Kier alpha value is -2.89. The standard InChI is InChI=1S/C23H19ClN4S/c1-16(27-10-3-4-17(14-27)18-8-11-29-15-18)23-21-7-6-19(24)12-22(21)28(26-23)20-5-2-9-25-13-20/h2-13,15-16H,14H2,1H3. The van der Waals surface area contributed by atoms with Gasteiger partial charge in [-0.25, -0.2) is 4.68 Å². The normalized spacial score (nSPS) is 15.0. The van der Waals surface area contributed by atoms with E-state index < -0.39 is 0 Å². The quantitative estimate of drug-likeness (QED) is 0.401. The molecule has 5 rings (SSSR count). The largest absolute Gasteiger partial charge is 0.365 e. The van der Waals surface area contributed by atoms with Crippen molar-refractivity contribution in [2.45, 2.75) is 13.0 Å². The van der Waals surface area contributed by atoms with Gasteiger partial charge in [-0.05, 0) is 71.3 Å². The molecule has 0 radical (unpaired) electrons. The van der Waals surface area contributed by atoms with Crippen LogP contribution in [-0.4, -0.2) is 26.2 Å². The maximum absolute atomic E-state index is 6.31. The summed E-state index contributed by atoms with van der Waals surface area (Å²) in [5.41, 5.74) is 5.54. The van der Waals surface area contributed by atoms with Crippen molar-refractivity contribution in [3.05, 3.63) is 94.2 Å². The Morgan fingerprint density at radius 3 is 2.93 bits per heavy atom. The van der Waals surface area contributed by atoms with Crippen LogP contribution in [0.25, 0.3) is 22.2 Å². The van der Waals surface area contributed by atoms with Gasteiger partial charge in [0, 0.05) is 29.4 Å². The number of rotatable bonds is 4. The number of benzene rings is 1. The average molecular weight is 419 g/mol. The van der Waals surface area contributed by atoms with Crippen LogP contribution in [-0.2, 0) is 0 Å². The van der Waals surface area contributed by atoms with E-state index in [2.05, 4.69) is 58.1 Å². The van der Waals surface area contributed by atoms with Gasteiger partial charge in [-0.15, -0.1) is 0 Å². The van der Waals surface area contributed by atoms with Gasteiger partial charge in [-0.2, -0.15) is 16.4 Å². The molecule has 144 valence electrons. The number of allylic oxidation sites excluding steroid dienone is 2. The first kappa shape index (κ1) is 18.2. The molecular formula is C23H19ClN4S. The topological polar surface area (TPSA) is 34.0 Å². The van der Waals surface area contributed by atoms with Crippen LogP contribution < -0.4 is 0 Å². The van der Waals surface area contributed by atoms with Crippen LogP contribution in [0.2, 0.25) is 5.02 Å². The van der Waals surface area contributed by atoms with E-state index in [0.29, 0.717) is 5.02 Å². The highest BCUT2D eigenvalue weighted by molar-refractivity contribution is 7.08. The maximum Gasteiger partial charge on any atom is 0.0929 e. The number of fused-ring (bicyclic) bond motifs is 1. The van der Waals surface area contributed by atoms with Crippen LogP contribution in [0.5, 0.6) is 0 Å². The van der Waals surface area contributed by atoms with Gasteiger partial charge in [0.2, 0.25) is 0 Å². The summed E-state index contributed by atoms with van der Waals surface area (Å²) in [5, 5.41) is 11.1. The first-order chi connectivity index (χ1) is 14.2. The van der Waals surface area contributed by atoms with Crippen molar-refractivity contribution in [1.29, 1.82) is 0 Å². The summed E-state index contributed by atoms with van der Waals surface area (Å²) in [6.07, 6.45) is 10.0. The van der Waals surface area contributed by atoms with Gasteiger partial charge in [-0.3, -0.25) is 4.98 Å². The highest BCUT2D eigenvalue weighted by atomic mass is 35.5. The molecule has 4 nitrogen and oxygen atoms in total. The van der Waals surface area contributed by atoms with E-state index in [4.69, 9.17) is 16.7 Å². The average Bonchev–Trinajstić information content (AvgIpc) is 3.42. The fourth-order valence-corrected chi connectivity index (χ4v) is 4.57. The highest BCUT2D eigenvalue weighted by Gasteiger charge is 2.23. The van der Waals surface area contributed by atoms with E-state index in [0.717, 1.165) is 28.8 Å². The first-order valence-corrected chi connectivity index (χ1v) is 10.8. The van der Waals surface area contributed by atoms with Gasteiger partial charge in [0.1, 0.15) is 0 Å². The van der Waals surface area contributed by atoms with Crippen molar-refractivity contribution >= 4 is 39.4 Å². The summed E-state index contributed by atoms with van der Waals surface area (Å²) < 4.78 is 1.93. The van der Waals surface area contributed by atoms with E-state index >= 15 is 0 Å². The van der Waals surface area contributed by atoms with Crippen molar-refractivity contribution in [2.24, 2.45) is 0 Å². The lowest BCUT2D eigenvalue weighted by atomic mass is 10.0. The number of hydrogen-bond acceptors (Lipinski definition) is 4. The summed E-state index contributed by atoms with van der Waals surface area (Å²) >= 11 is 8.03. The van der Waals surface area contributed by atoms with Gasteiger partial charge in [0.05, 0.1) is 29.1 Å². The molecule has 1 atom stereocenters. The molecule has 0 bridgehead atoms. The van der Waals surface area contributed by atoms with Crippen LogP contribution in [0.4, 0.5) is 0 Å². The number of pyridine rings is 1. The summed E-state index contributed by atoms with van der Waals surface area (Å²) in [7, 11) is 0. The van der Waals surface area contributed by atoms with E-state index in [9.17, 15) is 0 Å². The van der Waals surface area contributed by atoms with Crippen LogP contribution in [0.1, 0.15) is 24.2 Å². The third-order valence-corrected chi connectivity index (χ3v) is 6.19. The Morgan fingerprint density at radius 1 is 1.21 bits per heavy atom. The van der Waals surface area contributed by atoms with Crippen LogP contribution >= 0.6 is 22.9 Å². The molecule has 6 heteroatoms. The van der Waals surface area contributed by atoms with Gasteiger partial charge >= 0.3 is 0 Å². The molecule has 0 N–H and O–H groups in total. The van der Waals surface area contributed by atoms with Crippen molar-refractivity contribution in [1.82, 2.24) is 19.7 Å². The van der Waals surface area contributed by atoms with Gasteiger partial charge in [0.15, 0.2) is 0 Å². The Labute approximate surface area is 178 Å². The van der Waals surface area contributed by atoms with Crippen LogP contribution in [0.3, 0.4) is 0 Å². The Kier molecular flexibility index (Phi) is 4.70. The monoisotopic (exact) mass is 418 g/mol. The first-order valence-electron chi connectivity index (χ1n) is 9.45. The third kappa shape index (κ3) is 3.37. The van der Waals surface area contributed by atoms with Gasteiger partial charge in [-0.1, -0.05) is 17.7 Å². The second kappa shape index (κ2) is 7.50. The molecule has 0 saturated carbocycles. The molecule has 4 heterocycles. The predicted octanol–water partition coefficient (Wildman–Crippen LogP) is 6.11. The Bertz CT molecular complexity index is 1210. The van der Waals surface area contributed by atoms with Crippen molar-refractivity contribution in [3.63, 3.8) is 0 Å². The molecule has 0 spiro atoms. The molecule has 0 fully saturated rings.